The summed E-state index contributed by atoms with van der Waals surface area (Å²) in [6, 6.07) is 5.19. The Morgan fingerprint density at radius 1 is 0.825 bits per heavy atom. The fraction of sp³-hybridized carbons (Fsp3) is 0.500. The molecule has 3 rings (SSSR count). The number of nitrogens with zero attached hydrogens (tertiary/aromatic N) is 2. The normalized spacial score (nSPS) is 13.0. The molecule has 2 aromatic carbocycles. The summed E-state index contributed by atoms with van der Waals surface area (Å²) in [5.41, 5.74) is -1.21. The molecule has 1 heterocycles. The molecule has 1 N–H and O–H groups in total. The Morgan fingerprint density at radius 3 is 1.89 bits per heavy atom. The van der Waals surface area contributed by atoms with E-state index in [4.69, 9.17) is 18.3 Å². The third-order valence-corrected chi connectivity index (χ3v) is 20.2. The standard InChI is InChI=1S/C20H28F2INO4Si.C20H27FINO4Si/c1-7-27-19(26)15(12-24-8-9-28-29(5,6)20(2,3)4)18(25)14-10-13(23)11-16(21)17(14)22;1-7-26-19(25)15-12-23(8-9-27-28(5,6)20(2,3)4)17-14(18(15)24)10-13(22)11-16(17)21/h10-12,25H,7-9H2,1-6H3;10-12H,7-9H2,1-6H3. The number of aliphatic hydroxyl groups is 1. The molecule has 0 radical (unpaired) electrons. The van der Waals surface area contributed by atoms with Crippen molar-refractivity contribution in [1.29, 1.82) is 0 Å². The zero-order valence-corrected chi connectivity index (χ0v) is 41.1. The van der Waals surface area contributed by atoms with Crippen molar-refractivity contribution in [1.82, 2.24) is 4.57 Å². The van der Waals surface area contributed by atoms with Gasteiger partial charge in [-0.15, -0.1) is 0 Å². The second kappa shape index (κ2) is 21.1. The topological polar surface area (TPSA) is 126 Å². The number of fused-ring (bicyclic) bond motifs is 1. The predicted molar refractivity (Wildman–Crippen MR) is 242 cm³/mol. The Hall–Kier alpha value is -2.60. The van der Waals surface area contributed by atoms with E-state index in [1.807, 2.05) is 22.6 Å². The maximum Gasteiger partial charge on any atom is 0.343 e. The monoisotopic (exact) mass is 1060 g/mol. The van der Waals surface area contributed by atoms with Crippen molar-refractivity contribution in [2.24, 2.45) is 4.99 Å². The summed E-state index contributed by atoms with van der Waals surface area (Å²) >= 11 is 3.74. The summed E-state index contributed by atoms with van der Waals surface area (Å²) in [5, 5.41) is 10.7. The number of hydrogen-bond acceptors (Lipinski definition) is 9. The number of hydrogen-bond donors (Lipinski definition) is 1. The minimum absolute atomic E-state index is 0.0517. The smallest absolute Gasteiger partial charge is 0.343 e. The number of aliphatic hydroxyl groups excluding tert-OH is 1. The van der Waals surface area contributed by atoms with E-state index in [-0.39, 0.29) is 51.9 Å². The SMILES string of the molecule is CCOC(=O)C(C=NCCO[Si](C)(C)C(C)(C)C)=C(O)c1cc(I)cc(F)c1F.CCOC(=O)c1cn(CCO[Si](C)(C)C(C)(C)C)c2c(F)cc(I)cc2c1=O. The average Bonchev–Trinajstić information content (AvgIpc) is 3.08. The van der Waals surface area contributed by atoms with Crippen LogP contribution in [0.4, 0.5) is 13.2 Å². The molecule has 0 aliphatic heterocycles. The summed E-state index contributed by atoms with van der Waals surface area (Å²) in [6.45, 7) is 26.1. The van der Waals surface area contributed by atoms with Gasteiger partial charge in [-0.2, -0.15) is 0 Å². The Kier molecular flexibility index (Phi) is 18.7. The van der Waals surface area contributed by atoms with Crippen molar-refractivity contribution in [2.75, 3.05) is 33.0 Å². The molecule has 1 aromatic heterocycles. The van der Waals surface area contributed by atoms with E-state index >= 15 is 0 Å². The highest BCUT2D eigenvalue weighted by atomic mass is 127. The second-order valence-electron chi connectivity index (χ2n) is 16.1. The first-order chi connectivity index (χ1) is 26.2. The summed E-state index contributed by atoms with van der Waals surface area (Å²) in [6.07, 6.45) is 2.49. The van der Waals surface area contributed by atoms with E-state index in [9.17, 15) is 32.7 Å². The van der Waals surface area contributed by atoms with E-state index < -0.39 is 62.8 Å². The van der Waals surface area contributed by atoms with Gasteiger partial charge in [0, 0.05) is 26.1 Å². The molecule has 316 valence electrons. The highest BCUT2D eigenvalue weighted by Gasteiger charge is 2.38. The van der Waals surface area contributed by atoms with Crippen LogP contribution in [0.5, 0.6) is 0 Å². The fourth-order valence-electron chi connectivity index (χ4n) is 4.62. The van der Waals surface area contributed by atoms with Gasteiger partial charge in [-0.05, 0) is 120 Å². The molecule has 57 heavy (non-hydrogen) atoms. The quantitative estimate of drug-likeness (QED) is 0.0247. The molecule has 0 aliphatic rings. The summed E-state index contributed by atoms with van der Waals surface area (Å²) < 4.78 is 67.2. The number of esters is 2. The molecule has 0 aliphatic carbocycles. The van der Waals surface area contributed by atoms with Gasteiger partial charge in [-0.3, -0.25) is 9.79 Å². The van der Waals surface area contributed by atoms with Gasteiger partial charge >= 0.3 is 11.9 Å². The van der Waals surface area contributed by atoms with Crippen molar-refractivity contribution < 1.29 is 46.2 Å². The third kappa shape index (κ3) is 13.7. The number of aliphatic imine (C=N–C) groups is 1. The minimum Gasteiger partial charge on any atom is -0.506 e. The van der Waals surface area contributed by atoms with Gasteiger partial charge in [0.15, 0.2) is 28.3 Å². The molecule has 0 saturated carbocycles. The van der Waals surface area contributed by atoms with E-state index in [1.165, 1.54) is 18.3 Å². The lowest BCUT2D eigenvalue weighted by molar-refractivity contribution is -0.137. The first kappa shape index (κ1) is 50.5. The minimum atomic E-state index is -1.97. The Labute approximate surface area is 363 Å². The van der Waals surface area contributed by atoms with Crippen LogP contribution in [0.25, 0.3) is 16.7 Å². The summed E-state index contributed by atoms with van der Waals surface area (Å²) in [5.74, 6) is -5.18. The fourth-order valence-corrected chi connectivity index (χ4v) is 7.86. The second-order valence-corrected chi connectivity index (χ2v) is 28.2. The molecule has 0 spiro atoms. The maximum absolute atomic E-state index is 14.7. The van der Waals surface area contributed by atoms with Crippen LogP contribution in [0.3, 0.4) is 0 Å². The van der Waals surface area contributed by atoms with Crippen molar-refractivity contribution in [3.63, 3.8) is 0 Å². The van der Waals surface area contributed by atoms with Gasteiger partial charge in [-0.25, -0.2) is 22.8 Å². The van der Waals surface area contributed by atoms with Gasteiger partial charge in [0.1, 0.15) is 22.7 Å². The van der Waals surface area contributed by atoms with Crippen molar-refractivity contribution in [3.05, 3.63) is 82.0 Å². The molecule has 17 heteroatoms. The zero-order valence-electron chi connectivity index (χ0n) is 34.8. The largest absolute Gasteiger partial charge is 0.506 e. The highest BCUT2D eigenvalue weighted by molar-refractivity contribution is 14.1. The van der Waals surface area contributed by atoms with Crippen LogP contribution < -0.4 is 5.43 Å². The third-order valence-electron chi connectivity index (χ3n) is 9.89. The number of pyridine rings is 1. The first-order valence-electron chi connectivity index (χ1n) is 18.4. The van der Waals surface area contributed by atoms with Crippen LogP contribution in [0.2, 0.25) is 36.3 Å². The molecule has 0 fully saturated rings. The lowest BCUT2D eigenvalue weighted by Gasteiger charge is -2.36. The molecule has 10 nitrogen and oxygen atoms in total. The Bertz CT molecular complexity index is 2040. The lowest BCUT2D eigenvalue weighted by atomic mass is 10.1. The van der Waals surface area contributed by atoms with Crippen molar-refractivity contribution in [3.8, 4) is 0 Å². The molecular formula is C40H55F3I2N2O8Si2. The number of carbonyl (C=O) groups excluding carboxylic acids is 2. The van der Waals surface area contributed by atoms with Gasteiger partial charge in [0.2, 0.25) is 5.43 Å². The van der Waals surface area contributed by atoms with Crippen LogP contribution in [-0.2, 0) is 29.7 Å². The molecular weight excluding hydrogens is 1000 g/mol. The van der Waals surface area contributed by atoms with E-state index in [0.717, 1.165) is 12.3 Å². The van der Waals surface area contributed by atoms with Crippen LogP contribution in [0.1, 0.15) is 71.3 Å². The van der Waals surface area contributed by atoms with Crippen molar-refractivity contribution >= 4 is 96.6 Å². The number of halogens is 5. The molecule has 0 bridgehead atoms. The van der Waals surface area contributed by atoms with E-state index in [0.29, 0.717) is 26.9 Å². The average molecular weight is 1060 g/mol. The molecule has 0 saturated heterocycles. The van der Waals surface area contributed by atoms with Gasteiger partial charge in [0.05, 0.1) is 49.4 Å². The van der Waals surface area contributed by atoms with Gasteiger partial charge in [-0.1, -0.05) is 41.5 Å². The molecule has 0 atom stereocenters. The number of ether oxygens (including phenoxy) is 2. The van der Waals surface area contributed by atoms with Crippen molar-refractivity contribution in [2.45, 2.75) is 98.2 Å². The van der Waals surface area contributed by atoms with E-state index in [2.05, 4.69) is 72.7 Å². The first-order valence-corrected chi connectivity index (χ1v) is 26.4. The number of rotatable bonds is 14. The lowest BCUT2D eigenvalue weighted by Crippen LogP contribution is -2.41. The summed E-state index contributed by atoms with van der Waals surface area (Å²) in [4.78, 5) is 41.3. The van der Waals surface area contributed by atoms with Crippen LogP contribution >= 0.6 is 45.2 Å². The number of carbonyl (C=O) groups is 2. The number of aromatic nitrogens is 1. The molecule has 3 aromatic rings. The zero-order chi connectivity index (χ0) is 43.7. The number of benzene rings is 2. The van der Waals surface area contributed by atoms with Gasteiger partial charge < -0.3 is 28.0 Å². The molecule has 0 unspecified atom stereocenters. The Balaban J connectivity index is 0.000000394. The highest BCUT2D eigenvalue weighted by Crippen LogP contribution is 2.37. The van der Waals surface area contributed by atoms with Crippen LogP contribution in [0, 0.1) is 24.6 Å². The predicted octanol–water partition coefficient (Wildman–Crippen LogP) is 10.4. The van der Waals surface area contributed by atoms with Crippen LogP contribution in [-0.4, -0.2) is 77.4 Å². The maximum atomic E-state index is 14.7. The molecule has 0 amide bonds. The van der Waals surface area contributed by atoms with Crippen LogP contribution in [0.15, 0.2) is 45.8 Å². The Morgan fingerprint density at radius 2 is 1.35 bits per heavy atom. The van der Waals surface area contributed by atoms with E-state index in [1.54, 1.807) is 47.1 Å². The van der Waals surface area contributed by atoms with Gasteiger partial charge in [0.25, 0.3) is 0 Å². The summed E-state index contributed by atoms with van der Waals surface area (Å²) in [7, 11) is -3.90.